The molecule has 0 aromatic carbocycles. The highest BCUT2D eigenvalue weighted by molar-refractivity contribution is 5.79. The van der Waals surface area contributed by atoms with Crippen LogP contribution in [-0.4, -0.2) is 60.0 Å². The van der Waals surface area contributed by atoms with Crippen LogP contribution in [0.3, 0.4) is 0 Å². The number of carbonyl (C=O) groups is 1. The fourth-order valence-electron chi connectivity index (χ4n) is 3.30. The van der Waals surface area contributed by atoms with Crippen molar-refractivity contribution in [3.8, 4) is 0 Å². The van der Waals surface area contributed by atoms with E-state index < -0.39 is 0 Å². The topological polar surface area (TPSA) is 61.4 Å². The van der Waals surface area contributed by atoms with E-state index in [1.54, 1.807) is 6.20 Å². The lowest BCUT2D eigenvalue weighted by Gasteiger charge is -2.34. The van der Waals surface area contributed by atoms with Gasteiger partial charge in [-0.3, -0.25) is 4.79 Å². The molecule has 2 aliphatic rings. The Balaban J connectivity index is 1.55. The summed E-state index contributed by atoms with van der Waals surface area (Å²) in [6.45, 7) is 7.41. The van der Waals surface area contributed by atoms with Gasteiger partial charge in [-0.2, -0.15) is 0 Å². The van der Waals surface area contributed by atoms with Crippen LogP contribution in [-0.2, 0) is 4.79 Å². The van der Waals surface area contributed by atoms with Gasteiger partial charge in [-0.1, -0.05) is 0 Å². The zero-order valence-corrected chi connectivity index (χ0v) is 13.3. The standard InChI is InChI=1S/C16H25N5O/c1-13-18-7-3-15(19-13)20-10-4-14(5-11-20)16(22)21-9-2-6-17-8-12-21/h3,7,14,17H,2,4-6,8-12H2,1H3. The lowest BCUT2D eigenvalue weighted by Crippen LogP contribution is -2.44. The van der Waals surface area contributed by atoms with E-state index in [0.717, 1.165) is 70.2 Å². The maximum Gasteiger partial charge on any atom is 0.225 e. The van der Waals surface area contributed by atoms with Gasteiger partial charge in [-0.25, -0.2) is 9.97 Å². The van der Waals surface area contributed by atoms with E-state index in [-0.39, 0.29) is 5.92 Å². The molecule has 2 saturated heterocycles. The monoisotopic (exact) mass is 303 g/mol. The summed E-state index contributed by atoms with van der Waals surface area (Å²) in [5.74, 6) is 2.31. The Bertz CT molecular complexity index is 505. The Kier molecular flexibility index (Phi) is 4.87. The smallest absolute Gasteiger partial charge is 0.225 e. The normalized spacial score (nSPS) is 20.8. The van der Waals surface area contributed by atoms with Gasteiger partial charge < -0.3 is 15.1 Å². The quantitative estimate of drug-likeness (QED) is 0.876. The molecule has 0 aliphatic carbocycles. The lowest BCUT2D eigenvalue weighted by molar-refractivity contribution is -0.136. The molecular weight excluding hydrogens is 278 g/mol. The SMILES string of the molecule is Cc1nccc(N2CCC(C(=O)N3CCCNCC3)CC2)n1. The maximum atomic E-state index is 12.7. The largest absolute Gasteiger partial charge is 0.356 e. The summed E-state index contributed by atoms with van der Waals surface area (Å²) >= 11 is 0. The molecule has 0 atom stereocenters. The van der Waals surface area contributed by atoms with Crippen molar-refractivity contribution in [3.63, 3.8) is 0 Å². The highest BCUT2D eigenvalue weighted by atomic mass is 16.2. The molecule has 1 aromatic rings. The maximum absolute atomic E-state index is 12.7. The lowest BCUT2D eigenvalue weighted by atomic mass is 9.95. The van der Waals surface area contributed by atoms with Gasteiger partial charge in [0.2, 0.25) is 5.91 Å². The summed E-state index contributed by atoms with van der Waals surface area (Å²) < 4.78 is 0. The second-order valence-corrected chi connectivity index (χ2v) is 6.15. The second-order valence-electron chi connectivity index (χ2n) is 6.15. The van der Waals surface area contributed by atoms with E-state index in [9.17, 15) is 4.79 Å². The summed E-state index contributed by atoms with van der Waals surface area (Å²) in [6, 6.07) is 1.95. The van der Waals surface area contributed by atoms with E-state index in [4.69, 9.17) is 0 Å². The third-order valence-electron chi connectivity index (χ3n) is 4.58. The molecule has 22 heavy (non-hydrogen) atoms. The van der Waals surface area contributed by atoms with Crippen molar-refractivity contribution in [3.05, 3.63) is 18.1 Å². The van der Waals surface area contributed by atoms with Gasteiger partial charge in [0.1, 0.15) is 11.6 Å². The Morgan fingerprint density at radius 1 is 1.23 bits per heavy atom. The van der Waals surface area contributed by atoms with Gasteiger partial charge in [0, 0.05) is 44.8 Å². The molecule has 3 heterocycles. The molecule has 0 unspecified atom stereocenters. The van der Waals surface area contributed by atoms with Crippen LogP contribution in [0.4, 0.5) is 5.82 Å². The number of amides is 1. The predicted octanol–water partition coefficient (Wildman–Crippen LogP) is 0.823. The van der Waals surface area contributed by atoms with Crippen LogP contribution in [0.5, 0.6) is 0 Å². The minimum atomic E-state index is 0.178. The highest BCUT2D eigenvalue weighted by Gasteiger charge is 2.29. The molecule has 6 nitrogen and oxygen atoms in total. The van der Waals surface area contributed by atoms with Crippen LogP contribution in [0.15, 0.2) is 12.3 Å². The molecule has 3 rings (SSSR count). The van der Waals surface area contributed by atoms with Gasteiger partial charge >= 0.3 is 0 Å². The average Bonchev–Trinajstić information content (AvgIpc) is 2.84. The Morgan fingerprint density at radius 2 is 2.05 bits per heavy atom. The number of anilines is 1. The van der Waals surface area contributed by atoms with Crippen LogP contribution in [0.2, 0.25) is 0 Å². The molecule has 1 N–H and O–H groups in total. The third-order valence-corrected chi connectivity index (χ3v) is 4.58. The van der Waals surface area contributed by atoms with Crippen LogP contribution >= 0.6 is 0 Å². The number of nitrogens with zero attached hydrogens (tertiary/aromatic N) is 4. The first-order valence-electron chi connectivity index (χ1n) is 8.28. The van der Waals surface area contributed by atoms with Gasteiger partial charge in [0.15, 0.2) is 0 Å². The van der Waals surface area contributed by atoms with Gasteiger partial charge in [0.05, 0.1) is 0 Å². The number of nitrogens with one attached hydrogen (secondary N) is 1. The first-order valence-corrected chi connectivity index (χ1v) is 8.28. The fourth-order valence-corrected chi connectivity index (χ4v) is 3.30. The summed E-state index contributed by atoms with van der Waals surface area (Å²) in [5, 5.41) is 3.35. The number of hydrogen-bond acceptors (Lipinski definition) is 5. The van der Waals surface area contributed by atoms with Crippen molar-refractivity contribution in [2.45, 2.75) is 26.2 Å². The third kappa shape index (κ3) is 3.55. The zero-order chi connectivity index (χ0) is 15.4. The van der Waals surface area contributed by atoms with Crippen molar-refractivity contribution in [1.29, 1.82) is 0 Å². The Morgan fingerprint density at radius 3 is 2.82 bits per heavy atom. The zero-order valence-electron chi connectivity index (χ0n) is 13.3. The fraction of sp³-hybridized carbons (Fsp3) is 0.688. The summed E-state index contributed by atoms with van der Waals surface area (Å²) in [4.78, 5) is 25.6. The van der Waals surface area contributed by atoms with Crippen LogP contribution in [0.1, 0.15) is 25.1 Å². The predicted molar refractivity (Wildman–Crippen MR) is 85.8 cm³/mol. The number of rotatable bonds is 2. The van der Waals surface area contributed by atoms with Crippen molar-refractivity contribution >= 4 is 11.7 Å². The first kappa shape index (κ1) is 15.2. The highest BCUT2D eigenvalue weighted by Crippen LogP contribution is 2.23. The van der Waals surface area contributed by atoms with E-state index in [0.29, 0.717) is 5.91 Å². The second kappa shape index (κ2) is 7.05. The molecule has 0 bridgehead atoms. The van der Waals surface area contributed by atoms with E-state index >= 15 is 0 Å². The molecular formula is C16H25N5O. The van der Waals surface area contributed by atoms with Gasteiger partial charge in [0.25, 0.3) is 0 Å². The molecule has 0 radical (unpaired) electrons. The minimum Gasteiger partial charge on any atom is -0.356 e. The number of piperidine rings is 1. The van der Waals surface area contributed by atoms with Crippen molar-refractivity contribution in [2.24, 2.45) is 5.92 Å². The number of hydrogen-bond donors (Lipinski definition) is 1. The van der Waals surface area contributed by atoms with Gasteiger partial charge in [-0.05, 0) is 38.8 Å². The molecule has 0 spiro atoms. The van der Waals surface area contributed by atoms with E-state index in [1.807, 2.05) is 13.0 Å². The van der Waals surface area contributed by atoms with E-state index in [1.165, 1.54) is 0 Å². The van der Waals surface area contributed by atoms with Crippen molar-refractivity contribution < 1.29 is 4.79 Å². The number of aromatic nitrogens is 2. The molecule has 2 aliphatic heterocycles. The van der Waals surface area contributed by atoms with Crippen LogP contribution < -0.4 is 10.2 Å². The Hall–Kier alpha value is -1.69. The van der Waals surface area contributed by atoms with Crippen LogP contribution in [0.25, 0.3) is 0 Å². The van der Waals surface area contributed by atoms with E-state index in [2.05, 4.69) is 25.1 Å². The van der Waals surface area contributed by atoms with Crippen LogP contribution in [0, 0.1) is 12.8 Å². The molecule has 1 amide bonds. The molecule has 1 aromatic heterocycles. The van der Waals surface area contributed by atoms with Crippen molar-refractivity contribution in [1.82, 2.24) is 20.2 Å². The molecule has 120 valence electrons. The molecule has 2 fully saturated rings. The minimum absolute atomic E-state index is 0.178. The average molecular weight is 303 g/mol. The number of carbonyl (C=O) groups excluding carboxylic acids is 1. The summed E-state index contributed by atoms with van der Waals surface area (Å²) in [5.41, 5.74) is 0. The summed E-state index contributed by atoms with van der Waals surface area (Å²) in [7, 11) is 0. The van der Waals surface area contributed by atoms with Gasteiger partial charge in [-0.15, -0.1) is 0 Å². The molecule has 0 saturated carbocycles. The molecule has 6 heteroatoms. The first-order chi connectivity index (χ1) is 10.7. The Labute approximate surface area is 131 Å². The summed E-state index contributed by atoms with van der Waals surface area (Å²) in [6.07, 6.45) is 4.71. The van der Waals surface area contributed by atoms with Crippen molar-refractivity contribution in [2.75, 3.05) is 44.2 Å². The number of aryl methyl sites for hydroxylation is 1.